The molecule has 2 N–H and O–H groups in total. The molecular weight excluding hydrogens is 238 g/mol. The van der Waals surface area contributed by atoms with Crippen molar-refractivity contribution in [3.63, 3.8) is 0 Å². The number of hydrogen-bond acceptors (Lipinski definition) is 2. The van der Waals surface area contributed by atoms with Gasteiger partial charge < -0.3 is 10.4 Å². The van der Waals surface area contributed by atoms with Crippen LogP contribution in [0.3, 0.4) is 0 Å². The fourth-order valence-electron chi connectivity index (χ4n) is 2.44. The summed E-state index contributed by atoms with van der Waals surface area (Å²) >= 11 is 0. The molecule has 0 bridgehead atoms. The Hall–Kier alpha value is -1.09. The minimum atomic E-state index is 0.0610. The Morgan fingerprint density at radius 3 is 2.79 bits per heavy atom. The first kappa shape index (κ1) is 16.0. The van der Waals surface area contributed by atoms with Crippen molar-refractivity contribution >= 4 is 5.91 Å². The molecule has 0 aromatic carbocycles. The molecule has 1 amide bonds. The van der Waals surface area contributed by atoms with E-state index < -0.39 is 0 Å². The Balaban J connectivity index is 2.05. The van der Waals surface area contributed by atoms with Crippen LogP contribution >= 0.6 is 0 Å². The summed E-state index contributed by atoms with van der Waals surface area (Å²) in [5.41, 5.74) is 0.855. The van der Waals surface area contributed by atoms with Crippen LogP contribution in [0.25, 0.3) is 0 Å². The fourth-order valence-corrected chi connectivity index (χ4v) is 2.44. The van der Waals surface area contributed by atoms with E-state index in [1.54, 1.807) is 0 Å². The first-order chi connectivity index (χ1) is 9.13. The first-order valence-electron chi connectivity index (χ1n) is 7.38. The van der Waals surface area contributed by atoms with Crippen molar-refractivity contribution in [3.05, 3.63) is 23.8 Å². The van der Waals surface area contributed by atoms with Gasteiger partial charge in [0.25, 0.3) is 0 Å². The van der Waals surface area contributed by atoms with Crippen molar-refractivity contribution in [3.8, 4) is 0 Å². The standard InChI is InChI=1S/C16H27NO2/c1-13(2)11-14(12-18)7-5-6-10-17-16(19)15-8-3-4-9-15/h3-4,8,13-14,18H,5-7,9-12H2,1-2H3,(H,17,19). The predicted octanol–water partition coefficient (Wildman–Crippen LogP) is 2.81. The van der Waals surface area contributed by atoms with Crippen molar-refractivity contribution in [2.24, 2.45) is 11.8 Å². The molecule has 108 valence electrons. The molecule has 19 heavy (non-hydrogen) atoms. The molecule has 1 rings (SSSR count). The van der Waals surface area contributed by atoms with Gasteiger partial charge in [-0.25, -0.2) is 0 Å². The van der Waals surface area contributed by atoms with Crippen LogP contribution in [0.15, 0.2) is 23.8 Å². The van der Waals surface area contributed by atoms with Gasteiger partial charge >= 0.3 is 0 Å². The van der Waals surface area contributed by atoms with Gasteiger partial charge in [-0.2, -0.15) is 0 Å². The number of rotatable bonds is 9. The molecule has 0 radical (unpaired) electrons. The molecule has 0 aliphatic heterocycles. The van der Waals surface area contributed by atoms with Crippen molar-refractivity contribution in [2.75, 3.05) is 13.2 Å². The monoisotopic (exact) mass is 265 g/mol. The third-order valence-electron chi connectivity index (χ3n) is 3.45. The molecular formula is C16H27NO2. The van der Waals surface area contributed by atoms with E-state index in [9.17, 15) is 9.90 Å². The van der Waals surface area contributed by atoms with Gasteiger partial charge in [0.1, 0.15) is 0 Å². The zero-order valence-corrected chi connectivity index (χ0v) is 12.2. The molecule has 0 aromatic heterocycles. The number of unbranched alkanes of at least 4 members (excludes halogenated alkanes) is 1. The molecule has 1 unspecified atom stereocenters. The van der Waals surface area contributed by atoms with E-state index in [2.05, 4.69) is 19.2 Å². The molecule has 0 heterocycles. The zero-order chi connectivity index (χ0) is 14.1. The van der Waals surface area contributed by atoms with Crippen LogP contribution in [0.4, 0.5) is 0 Å². The van der Waals surface area contributed by atoms with Gasteiger partial charge in [-0.3, -0.25) is 4.79 Å². The first-order valence-corrected chi connectivity index (χ1v) is 7.38. The highest BCUT2D eigenvalue weighted by atomic mass is 16.3. The Kier molecular flexibility index (Phi) is 7.49. The average Bonchev–Trinajstić information content (AvgIpc) is 2.90. The number of hydrogen-bond donors (Lipinski definition) is 2. The lowest BCUT2D eigenvalue weighted by molar-refractivity contribution is -0.117. The highest BCUT2D eigenvalue weighted by molar-refractivity contribution is 5.94. The van der Waals surface area contributed by atoms with E-state index in [0.29, 0.717) is 11.8 Å². The van der Waals surface area contributed by atoms with Gasteiger partial charge in [-0.1, -0.05) is 38.5 Å². The average molecular weight is 265 g/mol. The predicted molar refractivity (Wildman–Crippen MR) is 78.7 cm³/mol. The SMILES string of the molecule is CC(C)CC(CO)CCCCNC(=O)C1=CC=CC1. The highest BCUT2D eigenvalue weighted by Crippen LogP contribution is 2.17. The second-order valence-corrected chi connectivity index (χ2v) is 5.75. The van der Waals surface area contributed by atoms with Gasteiger partial charge in [-0.15, -0.1) is 0 Å². The Morgan fingerprint density at radius 1 is 1.42 bits per heavy atom. The smallest absolute Gasteiger partial charge is 0.247 e. The minimum absolute atomic E-state index is 0.0610. The van der Waals surface area contributed by atoms with Gasteiger partial charge in [0.2, 0.25) is 5.91 Å². The van der Waals surface area contributed by atoms with E-state index in [1.165, 1.54) is 0 Å². The van der Waals surface area contributed by atoms with Crippen LogP contribution < -0.4 is 5.32 Å². The number of allylic oxidation sites excluding steroid dienone is 3. The van der Waals surface area contributed by atoms with E-state index in [4.69, 9.17) is 0 Å². The quantitative estimate of drug-likeness (QED) is 0.630. The number of nitrogens with one attached hydrogen (secondary N) is 1. The van der Waals surface area contributed by atoms with Crippen molar-refractivity contribution in [1.29, 1.82) is 0 Å². The number of carbonyl (C=O) groups excluding carboxylic acids is 1. The Bertz CT molecular complexity index is 332. The molecule has 0 spiro atoms. The van der Waals surface area contributed by atoms with E-state index in [0.717, 1.165) is 44.2 Å². The van der Waals surface area contributed by atoms with Crippen molar-refractivity contribution in [1.82, 2.24) is 5.32 Å². The van der Waals surface area contributed by atoms with Gasteiger partial charge in [0.15, 0.2) is 0 Å². The van der Waals surface area contributed by atoms with Crippen LogP contribution in [-0.2, 0) is 4.79 Å². The van der Waals surface area contributed by atoms with Crippen LogP contribution in [0.5, 0.6) is 0 Å². The number of carbonyl (C=O) groups is 1. The highest BCUT2D eigenvalue weighted by Gasteiger charge is 2.11. The molecule has 1 atom stereocenters. The third-order valence-corrected chi connectivity index (χ3v) is 3.45. The molecule has 0 saturated carbocycles. The maximum Gasteiger partial charge on any atom is 0.247 e. The van der Waals surface area contributed by atoms with Crippen molar-refractivity contribution in [2.45, 2.75) is 46.0 Å². The lowest BCUT2D eigenvalue weighted by atomic mass is 9.93. The summed E-state index contributed by atoms with van der Waals surface area (Å²) < 4.78 is 0. The minimum Gasteiger partial charge on any atom is -0.396 e. The fraction of sp³-hybridized carbons (Fsp3) is 0.688. The molecule has 3 heteroatoms. The zero-order valence-electron chi connectivity index (χ0n) is 12.2. The van der Waals surface area contributed by atoms with Gasteiger partial charge in [0, 0.05) is 18.7 Å². The van der Waals surface area contributed by atoms with E-state index >= 15 is 0 Å². The second-order valence-electron chi connectivity index (χ2n) is 5.75. The lowest BCUT2D eigenvalue weighted by Gasteiger charge is -2.16. The Labute approximate surface area is 116 Å². The molecule has 0 aromatic rings. The van der Waals surface area contributed by atoms with Crippen LogP contribution in [0.2, 0.25) is 0 Å². The van der Waals surface area contributed by atoms with Crippen LogP contribution in [-0.4, -0.2) is 24.2 Å². The molecule has 0 fully saturated rings. The van der Waals surface area contributed by atoms with E-state index in [-0.39, 0.29) is 12.5 Å². The number of aliphatic hydroxyl groups excluding tert-OH is 1. The van der Waals surface area contributed by atoms with Crippen LogP contribution in [0, 0.1) is 11.8 Å². The van der Waals surface area contributed by atoms with Gasteiger partial charge in [0.05, 0.1) is 0 Å². The summed E-state index contributed by atoms with van der Waals surface area (Å²) in [5, 5.41) is 12.2. The lowest BCUT2D eigenvalue weighted by Crippen LogP contribution is -2.25. The second kappa shape index (κ2) is 8.92. The third kappa shape index (κ3) is 6.58. The topological polar surface area (TPSA) is 49.3 Å². The van der Waals surface area contributed by atoms with Crippen molar-refractivity contribution < 1.29 is 9.90 Å². The van der Waals surface area contributed by atoms with Crippen LogP contribution in [0.1, 0.15) is 46.0 Å². The Morgan fingerprint density at radius 2 is 2.21 bits per heavy atom. The maximum atomic E-state index is 11.7. The summed E-state index contributed by atoms with van der Waals surface area (Å²) in [6.45, 7) is 5.39. The summed E-state index contributed by atoms with van der Waals surface area (Å²) in [5.74, 6) is 1.11. The molecule has 1 aliphatic carbocycles. The van der Waals surface area contributed by atoms with E-state index in [1.807, 2.05) is 18.2 Å². The number of amides is 1. The summed E-state index contributed by atoms with van der Waals surface area (Å²) in [7, 11) is 0. The maximum absolute atomic E-state index is 11.7. The normalized spacial score (nSPS) is 15.7. The van der Waals surface area contributed by atoms with Gasteiger partial charge in [-0.05, 0) is 37.5 Å². The number of aliphatic hydroxyl groups is 1. The molecule has 1 aliphatic rings. The summed E-state index contributed by atoms with van der Waals surface area (Å²) in [4.78, 5) is 11.7. The molecule has 0 saturated heterocycles. The summed E-state index contributed by atoms with van der Waals surface area (Å²) in [6, 6.07) is 0. The largest absolute Gasteiger partial charge is 0.396 e. The summed E-state index contributed by atoms with van der Waals surface area (Å²) in [6.07, 6.45) is 10.7. The molecule has 3 nitrogen and oxygen atoms in total.